The zero-order chi connectivity index (χ0) is 8.39. The second kappa shape index (κ2) is 2.91. The van der Waals surface area contributed by atoms with E-state index in [1.54, 1.807) is 4.52 Å². The van der Waals surface area contributed by atoms with Crippen LogP contribution in [0.4, 0.5) is 0 Å². The normalized spacial score (nSPS) is 10.8. The first-order valence-corrected chi connectivity index (χ1v) is 3.81. The smallest absolute Gasteiger partial charge is 0.155 e. The Kier molecular flexibility index (Phi) is 1.75. The van der Waals surface area contributed by atoms with Gasteiger partial charge in [0.25, 0.3) is 0 Å². The lowest BCUT2D eigenvalue weighted by molar-refractivity contribution is 0.296. The number of nitrogens with zero attached hydrogens (tertiary/aromatic N) is 3. The van der Waals surface area contributed by atoms with Crippen molar-refractivity contribution in [2.45, 2.75) is 6.42 Å². The van der Waals surface area contributed by atoms with Crippen molar-refractivity contribution in [3.8, 4) is 0 Å². The lowest BCUT2D eigenvalue weighted by atomic mass is 10.4. The zero-order valence-corrected chi connectivity index (χ0v) is 6.51. The van der Waals surface area contributed by atoms with Crippen LogP contribution in [0.25, 0.3) is 5.65 Å². The van der Waals surface area contributed by atoms with Crippen molar-refractivity contribution in [1.29, 1.82) is 0 Å². The van der Waals surface area contributed by atoms with Gasteiger partial charge in [-0.25, -0.2) is 9.50 Å². The van der Waals surface area contributed by atoms with Gasteiger partial charge in [0.15, 0.2) is 11.5 Å². The van der Waals surface area contributed by atoms with Crippen molar-refractivity contribution in [2.24, 2.45) is 0 Å². The Balaban J connectivity index is 2.47. The van der Waals surface area contributed by atoms with Crippen LogP contribution in [0.1, 0.15) is 5.82 Å². The maximum atomic E-state index is 8.66. The molecule has 2 heterocycles. The summed E-state index contributed by atoms with van der Waals surface area (Å²) in [6, 6.07) is 5.69. The van der Waals surface area contributed by atoms with Crippen molar-refractivity contribution < 1.29 is 5.11 Å². The molecule has 0 aromatic carbocycles. The van der Waals surface area contributed by atoms with E-state index in [0.717, 1.165) is 5.65 Å². The van der Waals surface area contributed by atoms with Gasteiger partial charge in [0.1, 0.15) is 0 Å². The highest BCUT2D eigenvalue weighted by Crippen LogP contribution is 1.99. The molecule has 0 aliphatic heterocycles. The monoisotopic (exact) mass is 163 g/mol. The van der Waals surface area contributed by atoms with Gasteiger partial charge >= 0.3 is 0 Å². The first-order chi connectivity index (χ1) is 5.90. The Morgan fingerprint density at radius 1 is 1.42 bits per heavy atom. The van der Waals surface area contributed by atoms with Crippen LogP contribution in [0, 0.1) is 0 Å². The van der Waals surface area contributed by atoms with Crippen molar-refractivity contribution in [3.05, 3.63) is 30.2 Å². The van der Waals surface area contributed by atoms with E-state index in [1.807, 2.05) is 24.4 Å². The minimum absolute atomic E-state index is 0.0941. The van der Waals surface area contributed by atoms with E-state index in [2.05, 4.69) is 10.1 Å². The number of pyridine rings is 1. The summed E-state index contributed by atoms with van der Waals surface area (Å²) in [4.78, 5) is 4.19. The van der Waals surface area contributed by atoms with Gasteiger partial charge in [-0.05, 0) is 12.1 Å². The molecule has 62 valence electrons. The minimum atomic E-state index is 0.0941. The summed E-state index contributed by atoms with van der Waals surface area (Å²) in [6.07, 6.45) is 2.35. The van der Waals surface area contributed by atoms with E-state index in [-0.39, 0.29) is 6.61 Å². The number of aliphatic hydroxyl groups excluding tert-OH is 1. The molecular formula is C8H9N3O. The summed E-state index contributed by atoms with van der Waals surface area (Å²) in [5.41, 5.74) is 0.820. The lowest BCUT2D eigenvalue weighted by Gasteiger charge is -1.85. The fourth-order valence-corrected chi connectivity index (χ4v) is 1.08. The van der Waals surface area contributed by atoms with Gasteiger partial charge in [0.05, 0.1) is 6.61 Å². The predicted octanol–water partition coefficient (Wildman–Crippen LogP) is 0.264. The SMILES string of the molecule is OCCc1nc2ccccn2n1. The molecule has 0 saturated heterocycles. The lowest BCUT2D eigenvalue weighted by Crippen LogP contribution is -1.93. The van der Waals surface area contributed by atoms with E-state index < -0.39 is 0 Å². The summed E-state index contributed by atoms with van der Waals surface area (Å²) in [6.45, 7) is 0.0941. The molecular weight excluding hydrogens is 154 g/mol. The third kappa shape index (κ3) is 1.16. The maximum Gasteiger partial charge on any atom is 0.155 e. The van der Waals surface area contributed by atoms with Crippen LogP contribution >= 0.6 is 0 Å². The summed E-state index contributed by atoms with van der Waals surface area (Å²) in [5.74, 6) is 0.684. The predicted molar refractivity (Wildman–Crippen MR) is 43.8 cm³/mol. The molecule has 2 aromatic rings. The van der Waals surface area contributed by atoms with Crippen LogP contribution in [-0.4, -0.2) is 26.3 Å². The summed E-state index contributed by atoms with van der Waals surface area (Å²) >= 11 is 0. The third-order valence-corrected chi connectivity index (χ3v) is 1.62. The Morgan fingerprint density at radius 3 is 3.08 bits per heavy atom. The highest BCUT2D eigenvalue weighted by atomic mass is 16.3. The minimum Gasteiger partial charge on any atom is -0.396 e. The molecule has 0 spiro atoms. The molecule has 2 rings (SSSR count). The largest absolute Gasteiger partial charge is 0.396 e. The second-order valence-corrected chi connectivity index (χ2v) is 2.51. The molecule has 0 saturated carbocycles. The Bertz CT molecular complexity index is 349. The first-order valence-electron chi connectivity index (χ1n) is 3.81. The average molecular weight is 163 g/mol. The molecule has 0 aliphatic rings. The van der Waals surface area contributed by atoms with Crippen LogP contribution in [0.3, 0.4) is 0 Å². The fraction of sp³-hybridized carbons (Fsp3) is 0.250. The molecule has 1 N–H and O–H groups in total. The number of hydrogen-bond donors (Lipinski definition) is 1. The number of aromatic nitrogens is 3. The van der Waals surface area contributed by atoms with Gasteiger partial charge < -0.3 is 5.11 Å². The molecule has 0 radical (unpaired) electrons. The van der Waals surface area contributed by atoms with Crippen LogP contribution in [0.2, 0.25) is 0 Å². The Hall–Kier alpha value is -1.42. The van der Waals surface area contributed by atoms with Crippen LogP contribution < -0.4 is 0 Å². The van der Waals surface area contributed by atoms with E-state index in [4.69, 9.17) is 5.11 Å². The van der Waals surface area contributed by atoms with E-state index in [1.165, 1.54) is 0 Å². The molecule has 2 aromatic heterocycles. The highest BCUT2D eigenvalue weighted by Gasteiger charge is 2.00. The molecule has 0 bridgehead atoms. The Labute approximate surface area is 69.5 Å². The van der Waals surface area contributed by atoms with Gasteiger partial charge in [-0.2, -0.15) is 5.10 Å². The van der Waals surface area contributed by atoms with Gasteiger partial charge in [0, 0.05) is 12.6 Å². The van der Waals surface area contributed by atoms with Crippen LogP contribution in [0.15, 0.2) is 24.4 Å². The first kappa shape index (κ1) is 7.24. The number of fused-ring (bicyclic) bond motifs is 1. The molecule has 0 aliphatic carbocycles. The third-order valence-electron chi connectivity index (χ3n) is 1.62. The standard InChI is InChI=1S/C8H9N3O/c12-6-4-7-9-8-3-1-2-5-11(8)10-7/h1-3,5,12H,4,6H2. The molecule has 0 fully saturated rings. The zero-order valence-electron chi connectivity index (χ0n) is 6.51. The Morgan fingerprint density at radius 2 is 2.33 bits per heavy atom. The van der Waals surface area contributed by atoms with E-state index >= 15 is 0 Å². The van der Waals surface area contributed by atoms with Crippen LogP contribution in [-0.2, 0) is 6.42 Å². The quantitative estimate of drug-likeness (QED) is 0.691. The second-order valence-electron chi connectivity index (χ2n) is 2.51. The van der Waals surface area contributed by atoms with Gasteiger partial charge in [0.2, 0.25) is 0 Å². The average Bonchev–Trinajstić information content (AvgIpc) is 2.47. The fourth-order valence-electron chi connectivity index (χ4n) is 1.08. The molecule has 0 atom stereocenters. The topological polar surface area (TPSA) is 50.4 Å². The maximum absolute atomic E-state index is 8.66. The summed E-state index contributed by atoms with van der Waals surface area (Å²) in [7, 11) is 0. The van der Waals surface area contributed by atoms with Crippen molar-refractivity contribution in [1.82, 2.24) is 14.6 Å². The number of rotatable bonds is 2. The summed E-state index contributed by atoms with van der Waals surface area (Å²) < 4.78 is 1.70. The molecule has 12 heavy (non-hydrogen) atoms. The van der Waals surface area contributed by atoms with Gasteiger partial charge in [-0.1, -0.05) is 6.07 Å². The summed E-state index contributed by atoms with van der Waals surface area (Å²) in [5, 5.41) is 12.8. The van der Waals surface area contributed by atoms with Crippen LogP contribution in [0.5, 0.6) is 0 Å². The molecule has 0 unspecified atom stereocenters. The van der Waals surface area contributed by atoms with E-state index in [9.17, 15) is 0 Å². The van der Waals surface area contributed by atoms with E-state index in [0.29, 0.717) is 12.2 Å². The van der Waals surface area contributed by atoms with Crippen molar-refractivity contribution in [3.63, 3.8) is 0 Å². The van der Waals surface area contributed by atoms with Gasteiger partial charge in [-0.15, -0.1) is 0 Å². The molecule has 4 nitrogen and oxygen atoms in total. The highest BCUT2D eigenvalue weighted by molar-refractivity contribution is 5.36. The molecule has 0 amide bonds. The number of hydrogen-bond acceptors (Lipinski definition) is 3. The number of aliphatic hydroxyl groups is 1. The van der Waals surface area contributed by atoms with Crippen molar-refractivity contribution in [2.75, 3.05) is 6.61 Å². The van der Waals surface area contributed by atoms with Crippen molar-refractivity contribution >= 4 is 5.65 Å². The molecule has 4 heteroatoms. The van der Waals surface area contributed by atoms with Gasteiger partial charge in [-0.3, -0.25) is 0 Å².